The van der Waals surface area contributed by atoms with Crippen LogP contribution in [0.1, 0.15) is 12.5 Å². The van der Waals surface area contributed by atoms with Gasteiger partial charge in [0.1, 0.15) is 0 Å². The first-order valence-corrected chi connectivity index (χ1v) is 8.93. The Morgan fingerprint density at radius 1 is 0.963 bits per heavy atom. The number of hydrogen-bond acceptors (Lipinski definition) is 6. The highest BCUT2D eigenvalue weighted by atomic mass is 15.3. The largest absolute Gasteiger partial charge is 0.351 e. The van der Waals surface area contributed by atoms with Gasteiger partial charge in [0.05, 0.1) is 17.4 Å². The van der Waals surface area contributed by atoms with E-state index in [1.807, 2.05) is 48.5 Å². The Balaban J connectivity index is 1.60. The van der Waals surface area contributed by atoms with Gasteiger partial charge in [0.2, 0.25) is 5.95 Å². The third-order valence-corrected chi connectivity index (χ3v) is 4.35. The zero-order valence-corrected chi connectivity index (χ0v) is 15.1. The molecule has 4 rings (SSSR count). The van der Waals surface area contributed by atoms with Gasteiger partial charge in [-0.25, -0.2) is 0 Å². The molecule has 2 aromatic carbocycles. The molecule has 6 heteroatoms. The lowest BCUT2D eigenvalue weighted by Crippen LogP contribution is -2.23. The normalized spacial score (nSPS) is 10.7. The zero-order chi connectivity index (χ0) is 18.5. The van der Waals surface area contributed by atoms with Crippen molar-refractivity contribution in [3.8, 4) is 0 Å². The van der Waals surface area contributed by atoms with E-state index in [9.17, 15) is 0 Å². The molecule has 0 spiro atoms. The van der Waals surface area contributed by atoms with Gasteiger partial charge in [-0.3, -0.25) is 4.98 Å². The van der Waals surface area contributed by atoms with Crippen molar-refractivity contribution in [3.63, 3.8) is 0 Å². The van der Waals surface area contributed by atoms with Crippen LogP contribution in [-0.4, -0.2) is 26.7 Å². The Bertz CT molecular complexity index is 1030. The van der Waals surface area contributed by atoms with Crippen molar-refractivity contribution in [3.05, 3.63) is 78.6 Å². The minimum atomic E-state index is 0.456. The number of aromatic nitrogens is 4. The average molecular weight is 356 g/mol. The number of pyridine rings is 1. The van der Waals surface area contributed by atoms with Crippen LogP contribution in [0, 0.1) is 0 Å². The van der Waals surface area contributed by atoms with Gasteiger partial charge in [0.25, 0.3) is 0 Å². The van der Waals surface area contributed by atoms with Gasteiger partial charge in [-0.05, 0) is 24.6 Å². The van der Waals surface area contributed by atoms with Crippen molar-refractivity contribution in [1.29, 1.82) is 0 Å². The van der Waals surface area contributed by atoms with Crippen molar-refractivity contribution < 1.29 is 0 Å². The minimum absolute atomic E-state index is 0.456. The first-order chi connectivity index (χ1) is 13.3. The third kappa shape index (κ3) is 3.84. The highest BCUT2D eigenvalue weighted by molar-refractivity contribution is 5.91. The van der Waals surface area contributed by atoms with Gasteiger partial charge >= 0.3 is 0 Å². The van der Waals surface area contributed by atoms with E-state index in [4.69, 9.17) is 0 Å². The molecule has 2 aromatic heterocycles. The van der Waals surface area contributed by atoms with Gasteiger partial charge in [-0.2, -0.15) is 10.1 Å². The molecule has 0 atom stereocenters. The van der Waals surface area contributed by atoms with E-state index in [0.717, 1.165) is 35.5 Å². The molecule has 0 saturated carbocycles. The van der Waals surface area contributed by atoms with Crippen LogP contribution in [0.4, 0.5) is 17.5 Å². The van der Waals surface area contributed by atoms with Crippen molar-refractivity contribution >= 4 is 28.4 Å². The summed E-state index contributed by atoms with van der Waals surface area (Å²) in [4.78, 5) is 11.3. The molecule has 0 aliphatic rings. The molecule has 27 heavy (non-hydrogen) atoms. The van der Waals surface area contributed by atoms with Crippen LogP contribution >= 0.6 is 0 Å². The second-order valence-electron chi connectivity index (χ2n) is 6.14. The average Bonchev–Trinajstić information content (AvgIpc) is 2.73. The van der Waals surface area contributed by atoms with Crippen LogP contribution in [-0.2, 0) is 6.54 Å². The number of benzene rings is 2. The molecule has 134 valence electrons. The summed E-state index contributed by atoms with van der Waals surface area (Å²) in [5, 5.41) is 12.6. The summed E-state index contributed by atoms with van der Waals surface area (Å²) < 4.78 is 0. The first kappa shape index (κ1) is 16.9. The van der Waals surface area contributed by atoms with Gasteiger partial charge in [0.15, 0.2) is 5.82 Å². The zero-order valence-electron chi connectivity index (χ0n) is 15.1. The van der Waals surface area contributed by atoms with E-state index < -0.39 is 0 Å². The molecule has 0 fully saturated rings. The van der Waals surface area contributed by atoms with E-state index in [2.05, 4.69) is 49.4 Å². The molecule has 0 unspecified atom stereocenters. The Morgan fingerprint density at radius 3 is 2.67 bits per heavy atom. The summed E-state index contributed by atoms with van der Waals surface area (Å²) >= 11 is 0. The van der Waals surface area contributed by atoms with E-state index in [0.29, 0.717) is 5.95 Å². The fraction of sp³-hybridized carbons (Fsp3) is 0.143. The van der Waals surface area contributed by atoms with Crippen LogP contribution in [0.5, 0.6) is 0 Å². The Hall–Kier alpha value is -3.54. The number of rotatable bonds is 6. The van der Waals surface area contributed by atoms with Gasteiger partial charge < -0.3 is 10.2 Å². The third-order valence-electron chi connectivity index (χ3n) is 4.35. The van der Waals surface area contributed by atoms with Crippen LogP contribution < -0.4 is 10.2 Å². The van der Waals surface area contributed by atoms with Crippen LogP contribution in [0.15, 0.2) is 73.1 Å². The van der Waals surface area contributed by atoms with Crippen molar-refractivity contribution in [2.24, 2.45) is 0 Å². The molecule has 1 N–H and O–H groups in total. The molecular weight excluding hydrogens is 336 g/mol. The highest BCUT2D eigenvalue weighted by Gasteiger charge is 2.10. The monoisotopic (exact) mass is 356 g/mol. The molecule has 0 radical (unpaired) electrons. The maximum absolute atomic E-state index is 4.66. The van der Waals surface area contributed by atoms with Crippen LogP contribution in [0.25, 0.3) is 10.9 Å². The van der Waals surface area contributed by atoms with E-state index in [-0.39, 0.29) is 0 Å². The fourth-order valence-corrected chi connectivity index (χ4v) is 2.98. The van der Waals surface area contributed by atoms with Crippen LogP contribution in [0.3, 0.4) is 0 Å². The number of nitrogens with zero attached hydrogens (tertiary/aromatic N) is 5. The van der Waals surface area contributed by atoms with Crippen molar-refractivity contribution in [2.45, 2.75) is 13.5 Å². The molecule has 6 nitrogen and oxygen atoms in total. The fourth-order valence-electron chi connectivity index (χ4n) is 2.98. The predicted molar refractivity (Wildman–Crippen MR) is 108 cm³/mol. The lowest BCUT2D eigenvalue weighted by Gasteiger charge is -2.21. The maximum atomic E-state index is 4.66. The van der Waals surface area contributed by atoms with E-state index >= 15 is 0 Å². The second-order valence-corrected chi connectivity index (χ2v) is 6.14. The predicted octanol–water partition coefficient (Wildman–Crippen LogP) is 4.19. The van der Waals surface area contributed by atoms with Gasteiger partial charge in [-0.1, -0.05) is 48.5 Å². The molecule has 0 aliphatic heterocycles. The first-order valence-electron chi connectivity index (χ1n) is 8.93. The Morgan fingerprint density at radius 2 is 1.81 bits per heavy atom. The highest BCUT2D eigenvalue weighted by Crippen LogP contribution is 2.23. The number of hydrogen-bond donors (Lipinski definition) is 1. The van der Waals surface area contributed by atoms with Gasteiger partial charge in [0, 0.05) is 24.7 Å². The smallest absolute Gasteiger partial charge is 0.249 e. The molecule has 2 heterocycles. The van der Waals surface area contributed by atoms with Gasteiger partial charge in [-0.15, -0.1) is 5.10 Å². The summed E-state index contributed by atoms with van der Waals surface area (Å²) in [6.07, 6.45) is 3.47. The summed E-state index contributed by atoms with van der Waals surface area (Å²) in [5.41, 5.74) is 2.97. The number of para-hydroxylation sites is 1. The van der Waals surface area contributed by atoms with E-state index in [1.165, 1.54) is 5.56 Å². The quantitative estimate of drug-likeness (QED) is 0.559. The SMILES string of the molecule is CCN(Cc1ccccc1)c1cnnc(Nc2cccc3cccnc23)n1. The maximum Gasteiger partial charge on any atom is 0.249 e. The molecule has 4 aromatic rings. The van der Waals surface area contributed by atoms with E-state index in [1.54, 1.807) is 12.4 Å². The standard InChI is InChI=1S/C21H20N6/c1-2-27(15-16-8-4-3-5-9-16)19-14-23-26-21(25-19)24-18-12-6-10-17-11-7-13-22-20(17)18/h3-14H,2,15H2,1H3,(H,24,25,26). The minimum Gasteiger partial charge on any atom is -0.351 e. The number of nitrogens with one attached hydrogen (secondary N) is 1. The lowest BCUT2D eigenvalue weighted by atomic mass is 10.2. The molecule has 0 amide bonds. The van der Waals surface area contributed by atoms with Crippen LogP contribution in [0.2, 0.25) is 0 Å². The molecule has 0 aliphatic carbocycles. The second kappa shape index (κ2) is 7.78. The summed E-state index contributed by atoms with van der Waals surface area (Å²) in [5.74, 6) is 1.24. The summed E-state index contributed by atoms with van der Waals surface area (Å²) in [6, 6.07) is 20.3. The number of anilines is 3. The Labute approximate surface area is 157 Å². The van der Waals surface area contributed by atoms with Crippen molar-refractivity contribution in [2.75, 3.05) is 16.8 Å². The topological polar surface area (TPSA) is 66.8 Å². The van der Waals surface area contributed by atoms with Crippen molar-refractivity contribution in [1.82, 2.24) is 20.2 Å². The summed E-state index contributed by atoms with van der Waals surface area (Å²) in [7, 11) is 0. The molecule has 0 saturated heterocycles. The summed E-state index contributed by atoms with van der Waals surface area (Å²) in [6.45, 7) is 3.70. The Kier molecular flexibility index (Phi) is 4.87. The number of fused-ring (bicyclic) bond motifs is 1. The molecular formula is C21H20N6. The molecule has 0 bridgehead atoms. The lowest BCUT2D eigenvalue weighted by molar-refractivity contribution is 0.799.